The topological polar surface area (TPSA) is 72.5 Å². The van der Waals surface area contributed by atoms with Gasteiger partial charge in [0.1, 0.15) is 5.25 Å². The first kappa shape index (κ1) is 12.9. The summed E-state index contributed by atoms with van der Waals surface area (Å²) in [6.07, 6.45) is 1.05. The van der Waals surface area contributed by atoms with Gasteiger partial charge in [-0.25, -0.2) is 8.42 Å². The van der Waals surface area contributed by atoms with Crippen LogP contribution in [0.2, 0.25) is 0 Å². The Bertz CT molecular complexity index is 343. The molecule has 1 aliphatic rings. The number of halogens is 1. The molecule has 0 aliphatic carbocycles. The van der Waals surface area contributed by atoms with Gasteiger partial charge in [-0.2, -0.15) is 0 Å². The molecule has 0 radical (unpaired) electrons. The molecular formula is C8H14BrNO4S. The maximum Gasteiger partial charge on any atom is 0.238 e. The Hall–Kier alpha value is -0.140. The summed E-state index contributed by atoms with van der Waals surface area (Å²) in [5, 5.41) is 1.63. The SMILES string of the molecule is CC(C(=O)NC1COCC1Br)S(C)(=O)=O. The molecule has 1 fully saturated rings. The number of ether oxygens (including phenoxy) is 1. The molecule has 0 spiro atoms. The van der Waals surface area contributed by atoms with E-state index in [1.807, 2.05) is 0 Å². The van der Waals surface area contributed by atoms with Crippen LogP contribution in [0.25, 0.3) is 0 Å². The fraction of sp³-hybridized carbons (Fsp3) is 0.875. The first-order valence-electron chi connectivity index (χ1n) is 4.53. The van der Waals surface area contributed by atoms with Crippen molar-refractivity contribution >= 4 is 31.7 Å². The van der Waals surface area contributed by atoms with Crippen molar-refractivity contribution in [2.45, 2.75) is 23.0 Å². The standard InChI is InChI=1S/C8H14BrNO4S/c1-5(15(2,12)13)8(11)10-7-4-14-3-6(7)9/h5-7H,3-4H2,1-2H3,(H,10,11). The third-order valence-corrected chi connectivity index (χ3v) is 4.75. The number of rotatable bonds is 3. The third kappa shape index (κ3) is 3.42. The highest BCUT2D eigenvalue weighted by Gasteiger charge is 2.31. The van der Waals surface area contributed by atoms with Crippen LogP contribution in [-0.4, -0.2) is 49.9 Å². The largest absolute Gasteiger partial charge is 0.378 e. The lowest BCUT2D eigenvalue weighted by Crippen LogP contribution is -2.46. The Labute approximate surface area is 97.6 Å². The first-order valence-corrected chi connectivity index (χ1v) is 7.40. The minimum atomic E-state index is -3.33. The van der Waals surface area contributed by atoms with Crippen molar-refractivity contribution in [2.24, 2.45) is 0 Å². The highest BCUT2D eigenvalue weighted by Crippen LogP contribution is 2.14. The fourth-order valence-electron chi connectivity index (χ4n) is 1.15. The molecule has 1 aliphatic heterocycles. The van der Waals surface area contributed by atoms with Gasteiger partial charge in [0, 0.05) is 6.26 Å². The third-order valence-electron chi connectivity index (χ3n) is 2.35. The van der Waals surface area contributed by atoms with Gasteiger partial charge in [0.25, 0.3) is 0 Å². The number of nitrogens with one attached hydrogen (secondary N) is 1. The summed E-state index contributed by atoms with van der Waals surface area (Å²) in [6, 6.07) is -0.151. The van der Waals surface area contributed by atoms with E-state index in [-0.39, 0.29) is 10.9 Å². The molecule has 15 heavy (non-hydrogen) atoms. The molecule has 5 nitrogen and oxygen atoms in total. The molecule has 0 bridgehead atoms. The van der Waals surface area contributed by atoms with Crippen LogP contribution >= 0.6 is 15.9 Å². The van der Waals surface area contributed by atoms with Crippen LogP contribution in [0.3, 0.4) is 0 Å². The molecule has 7 heteroatoms. The van der Waals surface area contributed by atoms with E-state index in [1.54, 1.807) is 0 Å². The Kier molecular flexibility index (Phi) is 4.13. The highest BCUT2D eigenvalue weighted by atomic mass is 79.9. The van der Waals surface area contributed by atoms with Crippen LogP contribution in [0.15, 0.2) is 0 Å². The summed E-state index contributed by atoms with van der Waals surface area (Å²) in [5.74, 6) is -0.475. The molecule has 1 saturated heterocycles. The van der Waals surface area contributed by atoms with Gasteiger partial charge in [-0.05, 0) is 6.92 Å². The molecule has 1 amide bonds. The molecule has 0 aromatic carbocycles. The van der Waals surface area contributed by atoms with Crippen molar-refractivity contribution in [1.29, 1.82) is 0 Å². The number of amides is 1. The lowest BCUT2D eigenvalue weighted by Gasteiger charge is -2.16. The fourth-order valence-corrected chi connectivity index (χ4v) is 2.08. The predicted octanol–water partition coefficient (Wildman–Crippen LogP) is -0.302. The summed E-state index contributed by atoms with van der Waals surface area (Å²) in [6.45, 7) is 2.32. The predicted molar refractivity (Wildman–Crippen MR) is 59.8 cm³/mol. The molecule has 1 rings (SSSR count). The maximum atomic E-state index is 11.5. The smallest absolute Gasteiger partial charge is 0.238 e. The lowest BCUT2D eigenvalue weighted by atomic mass is 10.2. The maximum absolute atomic E-state index is 11.5. The van der Waals surface area contributed by atoms with Crippen LogP contribution in [0.1, 0.15) is 6.92 Å². The summed E-state index contributed by atoms with van der Waals surface area (Å²) in [4.78, 5) is 11.6. The van der Waals surface area contributed by atoms with Crippen molar-refractivity contribution in [2.75, 3.05) is 19.5 Å². The Morgan fingerprint density at radius 2 is 2.13 bits per heavy atom. The van der Waals surface area contributed by atoms with Crippen LogP contribution in [0, 0.1) is 0 Å². The van der Waals surface area contributed by atoms with Crippen LogP contribution in [0.5, 0.6) is 0 Å². The Balaban J connectivity index is 2.56. The number of hydrogen-bond donors (Lipinski definition) is 1. The highest BCUT2D eigenvalue weighted by molar-refractivity contribution is 9.09. The zero-order valence-corrected chi connectivity index (χ0v) is 11.0. The molecule has 0 aromatic rings. The van der Waals surface area contributed by atoms with E-state index in [0.29, 0.717) is 13.2 Å². The average molecular weight is 300 g/mol. The van der Waals surface area contributed by atoms with E-state index >= 15 is 0 Å². The van der Waals surface area contributed by atoms with E-state index in [9.17, 15) is 13.2 Å². The number of alkyl halides is 1. The number of hydrogen-bond acceptors (Lipinski definition) is 4. The summed E-state index contributed by atoms with van der Waals surface area (Å²) >= 11 is 3.34. The van der Waals surface area contributed by atoms with Crippen molar-refractivity contribution in [1.82, 2.24) is 5.32 Å². The second-order valence-electron chi connectivity index (χ2n) is 3.64. The minimum Gasteiger partial charge on any atom is -0.378 e. The van der Waals surface area contributed by atoms with Gasteiger partial charge in [0.05, 0.1) is 24.1 Å². The van der Waals surface area contributed by atoms with Gasteiger partial charge in [0.15, 0.2) is 9.84 Å². The van der Waals surface area contributed by atoms with Crippen molar-refractivity contribution in [3.05, 3.63) is 0 Å². The van der Waals surface area contributed by atoms with Crippen molar-refractivity contribution in [3.63, 3.8) is 0 Å². The number of carbonyl (C=O) groups excluding carboxylic acids is 1. The minimum absolute atomic E-state index is 0.0493. The zero-order valence-electron chi connectivity index (χ0n) is 8.57. The van der Waals surface area contributed by atoms with E-state index < -0.39 is 21.0 Å². The molecule has 3 unspecified atom stereocenters. The van der Waals surface area contributed by atoms with Gasteiger partial charge in [-0.3, -0.25) is 4.79 Å². The van der Waals surface area contributed by atoms with Crippen LogP contribution < -0.4 is 5.32 Å². The molecule has 1 heterocycles. The quantitative estimate of drug-likeness (QED) is 0.726. The van der Waals surface area contributed by atoms with Gasteiger partial charge >= 0.3 is 0 Å². The Morgan fingerprint density at radius 1 is 1.53 bits per heavy atom. The molecule has 3 atom stereocenters. The normalized spacial score (nSPS) is 28.7. The molecule has 88 valence electrons. The molecular weight excluding hydrogens is 286 g/mol. The number of sulfone groups is 1. The first-order chi connectivity index (χ1) is 6.82. The van der Waals surface area contributed by atoms with E-state index in [2.05, 4.69) is 21.2 Å². The van der Waals surface area contributed by atoms with Gasteiger partial charge in [-0.1, -0.05) is 15.9 Å². The molecule has 1 N–H and O–H groups in total. The summed E-state index contributed by atoms with van der Waals surface area (Å²) < 4.78 is 27.4. The molecule has 0 aromatic heterocycles. The Morgan fingerprint density at radius 3 is 2.53 bits per heavy atom. The average Bonchev–Trinajstić information content (AvgIpc) is 2.49. The van der Waals surface area contributed by atoms with E-state index in [1.165, 1.54) is 6.92 Å². The van der Waals surface area contributed by atoms with E-state index in [4.69, 9.17) is 4.74 Å². The van der Waals surface area contributed by atoms with E-state index in [0.717, 1.165) is 6.26 Å². The number of carbonyl (C=O) groups is 1. The summed E-state index contributed by atoms with van der Waals surface area (Å²) in [5.41, 5.74) is 0. The van der Waals surface area contributed by atoms with Crippen molar-refractivity contribution in [3.8, 4) is 0 Å². The van der Waals surface area contributed by atoms with Crippen LogP contribution in [0.4, 0.5) is 0 Å². The second kappa shape index (κ2) is 4.80. The second-order valence-corrected chi connectivity index (χ2v) is 7.18. The van der Waals surface area contributed by atoms with Crippen LogP contribution in [-0.2, 0) is 19.4 Å². The summed E-state index contributed by atoms with van der Waals surface area (Å²) in [7, 11) is -3.33. The van der Waals surface area contributed by atoms with Gasteiger partial charge < -0.3 is 10.1 Å². The van der Waals surface area contributed by atoms with Crippen molar-refractivity contribution < 1.29 is 17.9 Å². The monoisotopic (exact) mass is 299 g/mol. The molecule has 0 saturated carbocycles. The van der Waals surface area contributed by atoms with Gasteiger partial charge in [0.2, 0.25) is 5.91 Å². The zero-order chi connectivity index (χ0) is 11.6. The van der Waals surface area contributed by atoms with Gasteiger partial charge in [-0.15, -0.1) is 0 Å². The lowest BCUT2D eigenvalue weighted by molar-refractivity contribution is -0.121.